The van der Waals surface area contributed by atoms with Gasteiger partial charge in [0.15, 0.2) is 0 Å². The van der Waals surface area contributed by atoms with E-state index in [9.17, 15) is 10.1 Å². The molecule has 0 aliphatic carbocycles. The molecule has 0 saturated carbocycles. The van der Waals surface area contributed by atoms with Gasteiger partial charge in [0.2, 0.25) is 5.82 Å². The Morgan fingerprint density at radius 3 is 2.53 bits per heavy atom. The van der Waals surface area contributed by atoms with Crippen molar-refractivity contribution in [2.75, 3.05) is 0 Å². The maximum absolute atomic E-state index is 11.3. The maximum atomic E-state index is 11.3. The lowest BCUT2D eigenvalue weighted by atomic mass is 10.2. The second kappa shape index (κ2) is 4.83. The average molecular weight is 263 g/mol. The van der Waals surface area contributed by atoms with E-state index in [4.69, 9.17) is 0 Å². The Labute approximate surface area is 111 Å². The van der Waals surface area contributed by atoms with Crippen molar-refractivity contribution in [3.8, 4) is 5.82 Å². The minimum Gasteiger partial charge on any atom is -0.258 e. The number of hydrogen-bond acceptors (Lipinski definition) is 4. The average Bonchev–Trinajstić information content (AvgIpc) is 2.79. The largest absolute Gasteiger partial charge is 0.336 e. The van der Waals surface area contributed by atoms with Crippen molar-refractivity contribution < 1.29 is 4.92 Å². The van der Waals surface area contributed by atoms with E-state index < -0.39 is 0 Å². The molecule has 0 fully saturated rings. The van der Waals surface area contributed by atoms with Gasteiger partial charge in [-0.25, -0.2) is 9.36 Å². The molecule has 0 radical (unpaired) electrons. The van der Waals surface area contributed by atoms with Crippen LogP contribution in [0.1, 0.15) is 30.4 Å². The summed E-state index contributed by atoms with van der Waals surface area (Å²) in [6, 6.07) is 1.89. The molecule has 0 saturated heterocycles. The van der Waals surface area contributed by atoms with Crippen molar-refractivity contribution in [3.63, 3.8) is 0 Å². The highest BCUT2D eigenvalue weighted by atomic mass is 16.6. The Hall–Kier alpha value is -2.18. The second-order valence-electron chi connectivity index (χ2n) is 4.59. The van der Waals surface area contributed by atoms with Gasteiger partial charge in [0.05, 0.1) is 10.6 Å². The molecule has 2 rings (SSSR count). The molecule has 0 amide bonds. The van der Waals surface area contributed by atoms with Crippen LogP contribution in [0.15, 0.2) is 6.07 Å². The number of nitrogens with zero attached hydrogens (tertiary/aromatic N) is 5. The molecule has 0 bridgehead atoms. The molecular weight excluding hydrogens is 246 g/mol. The fourth-order valence-corrected chi connectivity index (χ4v) is 2.23. The van der Waals surface area contributed by atoms with Crippen molar-refractivity contribution in [2.45, 2.75) is 33.6 Å². The first-order valence-corrected chi connectivity index (χ1v) is 6.19. The number of hydrogen-bond donors (Lipinski definition) is 0. The van der Waals surface area contributed by atoms with Gasteiger partial charge < -0.3 is 0 Å². The highest BCUT2D eigenvalue weighted by Crippen LogP contribution is 2.28. The van der Waals surface area contributed by atoms with E-state index in [0.29, 0.717) is 17.9 Å². The summed E-state index contributed by atoms with van der Waals surface area (Å²) >= 11 is 0. The van der Waals surface area contributed by atoms with Crippen LogP contribution in [-0.4, -0.2) is 24.5 Å². The van der Waals surface area contributed by atoms with E-state index in [0.717, 1.165) is 17.8 Å². The van der Waals surface area contributed by atoms with E-state index in [1.165, 1.54) is 4.68 Å². The van der Waals surface area contributed by atoms with E-state index in [1.807, 2.05) is 26.8 Å². The summed E-state index contributed by atoms with van der Waals surface area (Å²) in [5, 5.41) is 19.9. The standard InChI is InChI=1S/C12H17N5O2/c1-5-6-10-11(17(18)19)12(15(4)14-10)16-9(3)7-8(2)13-16/h7H,5-6H2,1-4H3. The first-order chi connectivity index (χ1) is 8.95. The van der Waals surface area contributed by atoms with E-state index in [1.54, 1.807) is 11.7 Å². The van der Waals surface area contributed by atoms with Crippen LogP contribution in [0.4, 0.5) is 5.69 Å². The molecule has 7 heteroatoms. The number of aromatic nitrogens is 4. The van der Waals surface area contributed by atoms with Gasteiger partial charge in [-0.1, -0.05) is 13.3 Å². The fourth-order valence-electron chi connectivity index (χ4n) is 2.23. The third-order valence-electron chi connectivity index (χ3n) is 2.94. The Bertz CT molecular complexity index is 626. The summed E-state index contributed by atoms with van der Waals surface area (Å²) in [6.45, 7) is 5.70. The van der Waals surface area contributed by atoms with Gasteiger partial charge in [0.25, 0.3) is 0 Å². The number of nitro groups is 1. The van der Waals surface area contributed by atoms with Gasteiger partial charge in [-0.2, -0.15) is 10.2 Å². The van der Waals surface area contributed by atoms with Crippen molar-refractivity contribution in [2.24, 2.45) is 7.05 Å². The second-order valence-corrected chi connectivity index (χ2v) is 4.59. The van der Waals surface area contributed by atoms with Gasteiger partial charge in [-0.15, -0.1) is 0 Å². The summed E-state index contributed by atoms with van der Waals surface area (Å²) in [6.07, 6.45) is 1.40. The van der Waals surface area contributed by atoms with Crippen molar-refractivity contribution in [1.29, 1.82) is 0 Å². The predicted molar refractivity (Wildman–Crippen MR) is 70.5 cm³/mol. The molecule has 0 N–H and O–H groups in total. The van der Waals surface area contributed by atoms with Crippen LogP contribution in [0.3, 0.4) is 0 Å². The lowest BCUT2D eigenvalue weighted by molar-refractivity contribution is -0.385. The fraction of sp³-hybridized carbons (Fsp3) is 0.500. The Kier molecular flexibility index (Phi) is 3.37. The van der Waals surface area contributed by atoms with Crippen molar-refractivity contribution in [3.05, 3.63) is 33.3 Å². The first kappa shape index (κ1) is 13.3. The molecule has 102 valence electrons. The molecule has 7 nitrogen and oxygen atoms in total. The summed E-state index contributed by atoms with van der Waals surface area (Å²) in [5.74, 6) is 0.416. The maximum Gasteiger partial charge on any atom is 0.336 e. The van der Waals surface area contributed by atoms with Crippen molar-refractivity contribution >= 4 is 5.69 Å². The predicted octanol–water partition coefficient (Wildman–Crippen LogP) is 2.08. The molecule has 2 heterocycles. The summed E-state index contributed by atoms with van der Waals surface area (Å²) in [5.41, 5.74) is 2.24. The minimum absolute atomic E-state index is 0.0514. The molecule has 0 spiro atoms. The lowest BCUT2D eigenvalue weighted by Gasteiger charge is -2.03. The number of rotatable bonds is 4. The monoisotopic (exact) mass is 263 g/mol. The first-order valence-electron chi connectivity index (χ1n) is 6.19. The van der Waals surface area contributed by atoms with Gasteiger partial charge in [-0.3, -0.25) is 10.1 Å². The van der Waals surface area contributed by atoms with Crippen LogP contribution in [0, 0.1) is 24.0 Å². The molecular formula is C12H17N5O2. The van der Waals surface area contributed by atoms with E-state index in [-0.39, 0.29) is 10.6 Å². The van der Waals surface area contributed by atoms with Crippen molar-refractivity contribution in [1.82, 2.24) is 19.6 Å². The van der Waals surface area contributed by atoms with Gasteiger partial charge in [0.1, 0.15) is 5.69 Å². The minimum atomic E-state index is -0.371. The molecule has 0 atom stereocenters. The molecule has 0 aliphatic heterocycles. The molecule has 2 aromatic heterocycles. The summed E-state index contributed by atoms with van der Waals surface area (Å²) in [4.78, 5) is 11.0. The molecule has 0 unspecified atom stereocenters. The van der Waals surface area contributed by atoms with Gasteiger partial charge in [0, 0.05) is 12.7 Å². The Morgan fingerprint density at radius 1 is 1.37 bits per heavy atom. The molecule has 19 heavy (non-hydrogen) atoms. The third kappa shape index (κ3) is 2.23. The smallest absolute Gasteiger partial charge is 0.258 e. The third-order valence-corrected chi connectivity index (χ3v) is 2.94. The molecule has 0 aliphatic rings. The van der Waals surface area contributed by atoms with E-state index >= 15 is 0 Å². The summed E-state index contributed by atoms with van der Waals surface area (Å²) < 4.78 is 3.11. The highest BCUT2D eigenvalue weighted by Gasteiger charge is 2.28. The van der Waals surface area contributed by atoms with Crippen LogP contribution in [0.25, 0.3) is 5.82 Å². The van der Waals surface area contributed by atoms with Crippen LogP contribution < -0.4 is 0 Å². The van der Waals surface area contributed by atoms with Gasteiger partial charge in [-0.05, 0) is 26.3 Å². The zero-order valence-corrected chi connectivity index (χ0v) is 11.5. The zero-order valence-electron chi connectivity index (χ0n) is 11.5. The Morgan fingerprint density at radius 2 is 2.05 bits per heavy atom. The van der Waals surface area contributed by atoms with Crippen LogP contribution in [0.2, 0.25) is 0 Å². The van der Waals surface area contributed by atoms with Crippen LogP contribution in [0.5, 0.6) is 0 Å². The Balaban J connectivity index is 2.68. The van der Waals surface area contributed by atoms with E-state index in [2.05, 4.69) is 10.2 Å². The lowest BCUT2D eigenvalue weighted by Crippen LogP contribution is -2.08. The number of aryl methyl sites for hydroxylation is 4. The quantitative estimate of drug-likeness (QED) is 0.625. The SMILES string of the molecule is CCCc1nn(C)c(-n2nc(C)cc2C)c1[N+](=O)[O-]. The zero-order chi connectivity index (χ0) is 14.2. The van der Waals surface area contributed by atoms with Crippen LogP contribution >= 0.6 is 0 Å². The van der Waals surface area contributed by atoms with Crippen LogP contribution in [-0.2, 0) is 13.5 Å². The molecule has 2 aromatic rings. The highest BCUT2D eigenvalue weighted by molar-refractivity contribution is 5.52. The van der Waals surface area contributed by atoms with Gasteiger partial charge >= 0.3 is 5.69 Å². The normalized spacial score (nSPS) is 10.9. The molecule has 0 aromatic carbocycles. The summed E-state index contributed by atoms with van der Waals surface area (Å²) in [7, 11) is 1.71. The topological polar surface area (TPSA) is 78.8 Å².